The lowest BCUT2D eigenvalue weighted by atomic mass is 10.1. The number of hydrogen-bond acceptors (Lipinski definition) is 5. The zero-order valence-electron chi connectivity index (χ0n) is 22.6. The number of rotatable bonds is 20. The van der Waals surface area contributed by atoms with Crippen LogP contribution in [0.3, 0.4) is 0 Å². The minimum absolute atomic E-state index is 0.702. The van der Waals surface area contributed by atoms with Gasteiger partial charge in [-0.3, -0.25) is 0 Å². The molecule has 1 aromatic heterocycles. The molecule has 37 heavy (non-hydrogen) atoms. The molecule has 0 aliphatic heterocycles. The largest absolute Gasteiger partial charge is 0.494 e. The van der Waals surface area contributed by atoms with Crippen molar-refractivity contribution in [3.05, 3.63) is 67.0 Å². The van der Waals surface area contributed by atoms with Gasteiger partial charge in [-0.1, -0.05) is 82.9 Å². The molecule has 0 fully saturated rings. The average Bonchev–Trinajstić information content (AvgIpc) is 2.95. The van der Waals surface area contributed by atoms with Crippen molar-refractivity contribution < 1.29 is 14.2 Å². The number of nitrogens with zero attached hydrogens (tertiary/aromatic N) is 2. The summed E-state index contributed by atoms with van der Waals surface area (Å²) in [6.07, 6.45) is 18.2. The molecule has 200 valence electrons. The third kappa shape index (κ3) is 12.1. The van der Waals surface area contributed by atoms with Gasteiger partial charge in [0.1, 0.15) is 11.5 Å². The van der Waals surface area contributed by atoms with Crippen molar-refractivity contribution in [1.29, 1.82) is 0 Å². The van der Waals surface area contributed by atoms with Crippen molar-refractivity contribution in [3.63, 3.8) is 0 Å². The summed E-state index contributed by atoms with van der Waals surface area (Å²) in [5.41, 5.74) is 0.980. The van der Waals surface area contributed by atoms with Gasteiger partial charge in [0.25, 0.3) is 0 Å². The van der Waals surface area contributed by atoms with Crippen molar-refractivity contribution in [2.24, 2.45) is 0 Å². The Morgan fingerprint density at radius 1 is 0.486 bits per heavy atom. The van der Waals surface area contributed by atoms with Gasteiger partial charge < -0.3 is 14.2 Å². The third-order valence-electron chi connectivity index (χ3n) is 6.33. The highest BCUT2D eigenvalue weighted by molar-refractivity contribution is 5.56. The molecule has 5 heteroatoms. The summed E-state index contributed by atoms with van der Waals surface area (Å²) in [4.78, 5) is 8.88. The van der Waals surface area contributed by atoms with E-state index in [9.17, 15) is 0 Å². The Balaban J connectivity index is 1.16. The predicted molar refractivity (Wildman–Crippen MR) is 151 cm³/mol. The summed E-state index contributed by atoms with van der Waals surface area (Å²) in [5, 5.41) is 0. The van der Waals surface area contributed by atoms with Crippen LogP contribution in [0.4, 0.5) is 0 Å². The quantitative estimate of drug-likeness (QED) is 0.144. The lowest BCUT2D eigenvalue weighted by Crippen LogP contribution is -1.99. The van der Waals surface area contributed by atoms with E-state index >= 15 is 0 Å². The second kappa shape index (κ2) is 18.2. The summed E-state index contributed by atoms with van der Waals surface area (Å²) in [5.74, 6) is 3.30. The van der Waals surface area contributed by atoms with Gasteiger partial charge in [-0.15, -0.1) is 0 Å². The van der Waals surface area contributed by atoms with Crippen LogP contribution in [0, 0.1) is 0 Å². The first-order valence-corrected chi connectivity index (χ1v) is 14.2. The Morgan fingerprint density at radius 3 is 1.49 bits per heavy atom. The molecule has 3 rings (SSSR count). The number of ether oxygens (including phenoxy) is 3. The van der Waals surface area contributed by atoms with Gasteiger partial charge in [-0.2, -0.15) is 0 Å². The Labute approximate surface area is 223 Å². The lowest BCUT2D eigenvalue weighted by Gasteiger charge is -2.08. The first-order chi connectivity index (χ1) is 18.3. The van der Waals surface area contributed by atoms with Crippen LogP contribution in [0.2, 0.25) is 0 Å². The molecule has 0 aliphatic rings. The van der Waals surface area contributed by atoms with E-state index in [1.54, 1.807) is 12.4 Å². The van der Waals surface area contributed by atoms with E-state index < -0.39 is 0 Å². The minimum Gasteiger partial charge on any atom is -0.494 e. The standard InChI is InChI=1S/C32H44N2O3/c1-2-3-14-23-37-31-26-33-32(34-27-31)28-19-21-30(22-20-28)36-25-16-10-8-6-4-5-7-9-15-24-35-29-17-12-11-13-18-29/h11-13,17-22,26-27H,2-10,14-16,23-25H2,1H3. The molecule has 0 saturated heterocycles. The molecule has 3 aromatic rings. The van der Waals surface area contributed by atoms with E-state index in [4.69, 9.17) is 14.2 Å². The first kappa shape index (κ1) is 28.5. The summed E-state index contributed by atoms with van der Waals surface area (Å²) >= 11 is 0. The lowest BCUT2D eigenvalue weighted by molar-refractivity contribution is 0.302. The van der Waals surface area contributed by atoms with Crippen LogP contribution >= 0.6 is 0 Å². The number of aromatic nitrogens is 2. The summed E-state index contributed by atoms with van der Waals surface area (Å²) in [6, 6.07) is 18.1. The maximum absolute atomic E-state index is 5.92. The summed E-state index contributed by atoms with van der Waals surface area (Å²) in [6.45, 7) is 4.49. The van der Waals surface area contributed by atoms with Crippen LogP contribution < -0.4 is 14.2 Å². The van der Waals surface area contributed by atoms with Gasteiger partial charge in [-0.25, -0.2) is 9.97 Å². The van der Waals surface area contributed by atoms with Gasteiger partial charge in [0.15, 0.2) is 11.6 Å². The molecule has 1 heterocycles. The van der Waals surface area contributed by atoms with Crippen molar-refractivity contribution >= 4 is 0 Å². The van der Waals surface area contributed by atoms with Crippen LogP contribution in [0.15, 0.2) is 67.0 Å². The van der Waals surface area contributed by atoms with Gasteiger partial charge in [0.05, 0.1) is 32.2 Å². The molecule has 0 aliphatic carbocycles. The van der Waals surface area contributed by atoms with Gasteiger partial charge in [0.2, 0.25) is 0 Å². The number of hydrogen-bond donors (Lipinski definition) is 0. The zero-order valence-corrected chi connectivity index (χ0v) is 22.6. The molecule has 0 atom stereocenters. The fourth-order valence-corrected chi connectivity index (χ4v) is 4.12. The van der Waals surface area contributed by atoms with Crippen LogP contribution in [-0.2, 0) is 0 Å². The van der Waals surface area contributed by atoms with Crippen molar-refractivity contribution in [2.75, 3.05) is 19.8 Å². The minimum atomic E-state index is 0.702. The summed E-state index contributed by atoms with van der Waals surface area (Å²) < 4.78 is 17.4. The van der Waals surface area contributed by atoms with Crippen LogP contribution in [0.25, 0.3) is 11.4 Å². The number of unbranched alkanes of at least 4 members (excludes halogenated alkanes) is 10. The Bertz CT molecular complexity index is 946. The molecule has 2 aromatic carbocycles. The molecule has 0 amide bonds. The zero-order chi connectivity index (χ0) is 25.8. The van der Waals surface area contributed by atoms with Gasteiger partial charge in [-0.05, 0) is 55.7 Å². The van der Waals surface area contributed by atoms with E-state index in [-0.39, 0.29) is 0 Å². The van der Waals surface area contributed by atoms with Crippen LogP contribution in [0.5, 0.6) is 17.2 Å². The average molecular weight is 505 g/mol. The first-order valence-electron chi connectivity index (χ1n) is 14.2. The molecule has 0 bridgehead atoms. The molecule has 0 spiro atoms. The monoisotopic (exact) mass is 504 g/mol. The molecule has 0 unspecified atom stereocenters. The Morgan fingerprint density at radius 2 is 0.946 bits per heavy atom. The molecule has 0 saturated carbocycles. The maximum Gasteiger partial charge on any atom is 0.159 e. The van der Waals surface area contributed by atoms with E-state index in [0.29, 0.717) is 12.4 Å². The highest BCUT2D eigenvalue weighted by atomic mass is 16.5. The van der Waals surface area contributed by atoms with Crippen LogP contribution in [0.1, 0.15) is 84.0 Å². The van der Waals surface area contributed by atoms with E-state index in [2.05, 4.69) is 16.9 Å². The maximum atomic E-state index is 5.92. The molecular weight excluding hydrogens is 460 g/mol. The molecule has 5 nitrogen and oxygen atoms in total. The number of para-hydroxylation sites is 1. The van der Waals surface area contributed by atoms with Gasteiger partial charge >= 0.3 is 0 Å². The summed E-state index contributed by atoms with van der Waals surface area (Å²) in [7, 11) is 0. The predicted octanol–water partition coefficient (Wildman–Crippen LogP) is 8.68. The topological polar surface area (TPSA) is 53.5 Å². The van der Waals surface area contributed by atoms with E-state index in [0.717, 1.165) is 55.3 Å². The Hall–Kier alpha value is -3.08. The molecule has 0 radical (unpaired) electrons. The third-order valence-corrected chi connectivity index (χ3v) is 6.33. The normalized spacial score (nSPS) is 10.8. The second-order valence-electron chi connectivity index (χ2n) is 9.51. The van der Waals surface area contributed by atoms with Crippen molar-refractivity contribution in [3.8, 4) is 28.6 Å². The SMILES string of the molecule is CCCCCOc1cnc(-c2ccc(OCCCCCCCCCCCOc3ccccc3)cc2)nc1. The van der Waals surface area contributed by atoms with E-state index in [1.165, 1.54) is 57.8 Å². The smallest absolute Gasteiger partial charge is 0.159 e. The fourth-order valence-electron chi connectivity index (χ4n) is 4.12. The molecule has 0 N–H and O–H groups in total. The molecular formula is C32H44N2O3. The Kier molecular flexibility index (Phi) is 14.0. The second-order valence-corrected chi connectivity index (χ2v) is 9.51. The van der Waals surface area contributed by atoms with Crippen molar-refractivity contribution in [2.45, 2.75) is 84.0 Å². The van der Waals surface area contributed by atoms with Crippen LogP contribution in [-0.4, -0.2) is 29.8 Å². The van der Waals surface area contributed by atoms with Crippen molar-refractivity contribution in [1.82, 2.24) is 9.97 Å². The van der Waals surface area contributed by atoms with E-state index in [1.807, 2.05) is 54.6 Å². The van der Waals surface area contributed by atoms with Gasteiger partial charge in [0, 0.05) is 5.56 Å². The highest BCUT2D eigenvalue weighted by Gasteiger charge is 2.03. The number of benzene rings is 2. The highest BCUT2D eigenvalue weighted by Crippen LogP contribution is 2.21. The fraction of sp³-hybridized carbons (Fsp3) is 0.500.